The van der Waals surface area contributed by atoms with E-state index in [0.29, 0.717) is 0 Å². The summed E-state index contributed by atoms with van der Waals surface area (Å²) in [5.41, 5.74) is 0. The van der Waals surface area contributed by atoms with E-state index in [2.05, 4.69) is 0 Å². The molecule has 0 aromatic carbocycles. The number of esters is 1. The van der Waals surface area contributed by atoms with Crippen LogP contribution in [0.4, 0.5) is 0 Å². The van der Waals surface area contributed by atoms with Gasteiger partial charge in [-0.2, -0.15) is 0 Å². The first-order valence-corrected chi connectivity index (χ1v) is 2.96. The van der Waals surface area contributed by atoms with Crippen LogP contribution >= 0.6 is 0 Å². The Morgan fingerprint density at radius 1 is 1.75 bits per heavy atom. The lowest BCUT2D eigenvalue weighted by molar-refractivity contribution is -0.182. The minimum atomic E-state index is -0.0446. The molecular weight excluding hydrogens is 104 g/mol. The van der Waals surface area contributed by atoms with Crippen LogP contribution in [0.2, 0.25) is 0 Å². The van der Waals surface area contributed by atoms with Crippen molar-refractivity contribution in [2.45, 2.75) is 26.4 Å². The van der Waals surface area contributed by atoms with Crippen LogP contribution in [-0.4, -0.2) is 12.1 Å². The summed E-state index contributed by atoms with van der Waals surface area (Å²) < 4.78 is 4.76. The lowest BCUT2D eigenvalue weighted by Crippen LogP contribution is -2.42. The molecule has 0 aromatic heterocycles. The van der Waals surface area contributed by atoms with Gasteiger partial charge in [0.2, 0.25) is 0 Å². The fourth-order valence-electron chi connectivity index (χ4n) is 0.875. The first kappa shape index (κ1) is 5.60. The van der Waals surface area contributed by atoms with Gasteiger partial charge in [0.05, 0.1) is 5.92 Å². The van der Waals surface area contributed by atoms with Crippen molar-refractivity contribution in [3.63, 3.8) is 0 Å². The quantitative estimate of drug-likeness (QED) is 0.474. The number of carbonyl (C=O) groups is 1. The average Bonchev–Trinajstić information content (AvgIpc) is 1.81. The van der Waals surface area contributed by atoms with Crippen molar-refractivity contribution in [1.82, 2.24) is 0 Å². The standard InChI is InChI=1S/C6H10O2/c1-3-5-4(2)6(7)8-5/h4-5H,3H2,1-2H3. The molecule has 0 N–H and O–H groups in total. The first-order chi connectivity index (χ1) is 3.75. The molecule has 1 heterocycles. The highest BCUT2D eigenvalue weighted by molar-refractivity contribution is 5.77. The summed E-state index contributed by atoms with van der Waals surface area (Å²) in [5.74, 6) is 0.108. The molecule has 0 radical (unpaired) electrons. The Hall–Kier alpha value is -0.530. The van der Waals surface area contributed by atoms with Crippen LogP contribution in [0, 0.1) is 5.92 Å². The molecule has 0 aromatic rings. The van der Waals surface area contributed by atoms with Crippen LogP contribution < -0.4 is 0 Å². The maximum atomic E-state index is 10.4. The molecule has 0 amide bonds. The second-order valence-electron chi connectivity index (χ2n) is 2.17. The lowest BCUT2D eigenvalue weighted by atomic mass is 9.97. The fraction of sp³-hybridized carbons (Fsp3) is 0.833. The van der Waals surface area contributed by atoms with E-state index in [4.69, 9.17) is 4.74 Å². The van der Waals surface area contributed by atoms with E-state index in [-0.39, 0.29) is 18.0 Å². The number of carbonyl (C=O) groups excluding carboxylic acids is 1. The van der Waals surface area contributed by atoms with Gasteiger partial charge >= 0.3 is 5.97 Å². The molecule has 0 spiro atoms. The number of hydrogen-bond acceptors (Lipinski definition) is 2. The van der Waals surface area contributed by atoms with Crippen LogP contribution in [0.15, 0.2) is 0 Å². The Kier molecular flexibility index (Phi) is 1.24. The van der Waals surface area contributed by atoms with Gasteiger partial charge in [0, 0.05) is 0 Å². The van der Waals surface area contributed by atoms with Crippen molar-refractivity contribution in [3.8, 4) is 0 Å². The molecule has 8 heavy (non-hydrogen) atoms. The maximum absolute atomic E-state index is 10.4. The van der Waals surface area contributed by atoms with E-state index in [9.17, 15) is 4.79 Å². The van der Waals surface area contributed by atoms with Gasteiger partial charge < -0.3 is 4.74 Å². The number of ether oxygens (including phenoxy) is 1. The van der Waals surface area contributed by atoms with Gasteiger partial charge in [-0.1, -0.05) is 6.92 Å². The Morgan fingerprint density at radius 3 is 2.50 bits per heavy atom. The Labute approximate surface area is 48.8 Å². The minimum Gasteiger partial charge on any atom is -0.461 e. The zero-order valence-corrected chi connectivity index (χ0v) is 5.18. The molecule has 1 aliphatic heterocycles. The molecular formula is C6H10O2. The summed E-state index contributed by atoms with van der Waals surface area (Å²) in [6.07, 6.45) is 1.16. The predicted molar refractivity (Wildman–Crippen MR) is 29.3 cm³/mol. The highest BCUT2D eigenvalue weighted by Gasteiger charge is 2.36. The third-order valence-electron chi connectivity index (χ3n) is 1.60. The minimum absolute atomic E-state index is 0.0446. The first-order valence-electron chi connectivity index (χ1n) is 2.96. The fourth-order valence-corrected chi connectivity index (χ4v) is 0.875. The smallest absolute Gasteiger partial charge is 0.312 e. The summed E-state index contributed by atoms with van der Waals surface area (Å²) >= 11 is 0. The lowest BCUT2D eigenvalue weighted by Gasteiger charge is -2.31. The Balaban J connectivity index is 2.35. The van der Waals surface area contributed by atoms with Gasteiger partial charge in [-0.3, -0.25) is 4.79 Å². The molecule has 46 valence electrons. The molecule has 1 aliphatic rings. The Morgan fingerprint density at radius 2 is 2.38 bits per heavy atom. The molecule has 0 aliphatic carbocycles. The predicted octanol–water partition coefficient (Wildman–Crippen LogP) is 0.958. The normalized spacial score (nSPS) is 36.0. The van der Waals surface area contributed by atoms with Crippen LogP contribution in [0.5, 0.6) is 0 Å². The number of hydrogen-bond donors (Lipinski definition) is 0. The maximum Gasteiger partial charge on any atom is 0.312 e. The van der Waals surface area contributed by atoms with Crippen molar-refractivity contribution >= 4 is 5.97 Å². The van der Waals surface area contributed by atoms with Gasteiger partial charge in [0.15, 0.2) is 0 Å². The molecule has 1 rings (SSSR count). The van der Waals surface area contributed by atoms with Gasteiger partial charge in [-0.25, -0.2) is 0 Å². The summed E-state index contributed by atoms with van der Waals surface area (Å²) in [6.45, 7) is 3.92. The monoisotopic (exact) mass is 114 g/mol. The highest BCUT2D eigenvalue weighted by Crippen LogP contribution is 2.23. The van der Waals surface area contributed by atoms with Gasteiger partial charge in [0.25, 0.3) is 0 Å². The molecule has 1 saturated heterocycles. The summed E-state index contributed by atoms with van der Waals surface area (Å²) in [4.78, 5) is 10.4. The van der Waals surface area contributed by atoms with Gasteiger partial charge in [0.1, 0.15) is 6.10 Å². The molecule has 0 saturated carbocycles. The van der Waals surface area contributed by atoms with E-state index in [1.165, 1.54) is 0 Å². The molecule has 2 atom stereocenters. The molecule has 2 nitrogen and oxygen atoms in total. The zero-order chi connectivity index (χ0) is 6.15. The second-order valence-corrected chi connectivity index (χ2v) is 2.17. The largest absolute Gasteiger partial charge is 0.461 e. The topological polar surface area (TPSA) is 26.3 Å². The third-order valence-corrected chi connectivity index (χ3v) is 1.60. The van der Waals surface area contributed by atoms with Crippen molar-refractivity contribution in [2.75, 3.05) is 0 Å². The van der Waals surface area contributed by atoms with Crippen LogP contribution in [0.3, 0.4) is 0 Å². The van der Waals surface area contributed by atoms with E-state index >= 15 is 0 Å². The van der Waals surface area contributed by atoms with E-state index in [1.54, 1.807) is 0 Å². The summed E-state index contributed by atoms with van der Waals surface area (Å²) in [6, 6.07) is 0. The van der Waals surface area contributed by atoms with Gasteiger partial charge in [-0.15, -0.1) is 0 Å². The number of rotatable bonds is 1. The van der Waals surface area contributed by atoms with E-state index in [1.807, 2.05) is 13.8 Å². The average molecular weight is 114 g/mol. The Bertz CT molecular complexity index is 109. The van der Waals surface area contributed by atoms with Crippen molar-refractivity contribution in [2.24, 2.45) is 5.92 Å². The van der Waals surface area contributed by atoms with Crippen molar-refractivity contribution < 1.29 is 9.53 Å². The van der Waals surface area contributed by atoms with Crippen molar-refractivity contribution in [3.05, 3.63) is 0 Å². The molecule has 1 fully saturated rings. The van der Waals surface area contributed by atoms with Crippen LogP contribution in [-0.2, 0) is 9.53 Å². The van der Waals surface area contributed by atoms with Crippen molar-refractivity contribution in [1.29, 1.82) is 0 Å². The highest BCUT2D eigenvalue weighted by atomic mass is 16.6. The molecule has 0 bridgehead atoms. The van der Waals surface area contributed by atoms with Gasteiger partial charge in [-0.05, 0) is 13.3 Å². The summed E-state index contributed by atoms with van der Waals surface area (Å²) in [7, 11) is 0. The van der Waals surface area contributed by atoms with E-state index in [0.717, 1.165) is 6.42 Å². The number of cyclic esters (lactones) is 1. The molecule has 2 heteroatoms. The summed E-state index contributed by atoms with van der Waals surface area (Å²) in [5, 5.41) is 0. The SMILES string of the molecule is CCC1OC(=O)C1C. The molecule has 2 unspecified atom stereocenters. The van der Waals surface area contributed by atoms with E-state index < -0.39 is 0 Å². The van der Waals surface area contributed by atoms with Crippen LogP contribution in [0.1, 0.15) is 20.3 Å². The van der Waals surface area contributed by atoms with Crippen LogP contribution in [0.25, 0.3) is 0 Å². The second kappa shape index (κ2) is 1.77. The third kappa shape index (κ3) is 0.602. The zero-order valence-electron chi connectivity index (χ0n) is 5.18.